The number of aromatic nitrogens is 1. The van der Waals surface area contributed by atoms with Crippen molar-refractivity contribution < 1.29 is 14.4 Å². The molecule has 1 aromatic rings. The summed E-state index contributed by atoms with van der Waals surface area (Å²) in [5.74, 6) is 0.0849. The van der Waals surface area contributed by atoms with Gasteiger partial charge >= 0.3 is 6.03 Å². The summed E-state index contributed by atoms with van der Waals surface area (Å²) in [6.45, 7) is 8.13. The van der Waals surface area contributed by atoms with Crippen molar-refractivity contribution in [2.24, 2.45) is 0 Å². The zero-order valence-corrected chi connectivity index (χ0v) is 15.6. The normalized spacial score (nSPS) is 22.7. The molecule has 3 rings (SSSR count). The Hall–Kier alpha value is -2.64. The van der Waals surface area contributed by atoms with Crippen LogP contribution in [0, 0.1) is 0 Å². The summed E-state index contributed by atoms with van der Waals surface area (Å²) in [7, 11) is 0. The Bertz CT molecular complexity index is 748. The van der Waals surface area contributed by atoms with Gasteiger partial charge in [0.2, 0.25) is 0 Å². The van der Waals surface area contributed by atoms with Crippen LogP contribution in [0.2, 0.25) is 0 Å². The van der Waals surface area contributed by atoms with E-state index in [1.807, 2.05) is 13.8 Å². The maximum absolute atomic E-state index is 13.0. The van der Waals surface area contributed by atoms with Gasteiger partial charge in [-0.05, 0) is 46.2 Å². The minimum atomic E-state index is -1.01. The standard InChI is InChI=1S/C18H25N5O3/c1-11(2)20-14-13(6-5-8-19-14)15(24)22-9-7-18(10-22)16(25)23(12(3)4)17(26)21-18/h5-6,8,11-12H,7,9-10H2,1-4H3,(H,19,20)(H,21,26). The van der Waals surface area contributed by atoms with Crippen LogP contribution in [0.3, 0.4) is 0 Å². The smallest absolute Gasteiger partial charge is 0.325 e. The molecular weight excluding hydrogens is 334 g/mol. The predicted molar refractivity (Wildman–Crippen MR) is 96.8 cm³/mol. The van der Waals surface area contributed by atoms with E-state index in [1.54, 1.807) is 37.1 Å². The first-order valence-corrected chi connectivity index (χ1v) is 8.92. The Morgan fingerprint density at radius 2 is 2.04 bits per heavy atom. The molecule has 8 heteroatoms. The van der Waals surface area contributed by atoms with Gasteiger partial charge in [0.1, 0.15) is 11.4 Å². The molecule has 1 aromatic heterocycles. The molecule has 2 saturated heterocycles. The zero-order valence-electron chi connectivity index (χ0n) is 15.6. The Morgan fingerprint density at radius 3 is 2.65 bits per heavy atom. The second-order valence-corrected chi connectivity index (χ2v) is 7.46. The van der Waals surface area contributed by atoms with E-state index in [-0.39, 0.29) is 36.5 Å². The average molecular weight is 359 g/mol. The van der Waals surface area contributed by atoms with Gasteiger partial charge < -0.3 is 15.5 Å². The van der Waals surface area contributed by atoms with Crippen LogP contribution in [0.1, 0.15) is 44.5 Å². The fraction of sp³-hybridized carbons (Fsp3) is 0.556. The quantitative estimate of drug-likeness (QED) is 0.794. The number of amides is 4. The third-order valence-corrected chi connectivity index (χ3v) is 4.73. The molecule has 1 unspecified atom stereocenters. The molecule has 3 heterocycles. The van der Waals surface area contributed by atoms with E-state index >= 15 is 0 Å². The molecule has 2 aliphatic rings. The van der Waals surface area contributed by atoms with Gasteiger partial charge in [0.05, 0.1) is 12.1 Å². The third kappa shape index (κ3) is 3.00. The Kier molecular flexibility index (Phi) is 4.60. The van der Waals surface area contributed by atoms with E-state index in [2.05, 4.69) is 15.6 Å². The van der Waals surface area contributed by atoms with Crippen molar-refractivity contribution in [2.45, 2.75) is 51.7 Å². The number of urea groups is 1. The highest BCUT2D eigenvalue weighted by Gasteiger charge is 2.56. The molecule has 2 aliphatic heterocycles. The highest BCUT2D eigenvalue weighted by Crippen LogP contribution is 2.31. The topological polar surface area (TPSA) is 94.6 Å². The van der Waals surface area contributed by atoms with Gasteiger partial charge in [0.25, 0.3) is 11.8 Å². The van der Waals surface area contributed by atoms with E-state index in [0.717, 1.165) is 0 Å². The summed E-state index contributed by atoms with van der Waals surface area (Å²) in [6, 6.07) is 2.97. The van der Waals surface area contributed by atoms with Crippen LogP contribution in [-0.4, -0.2) is 63.3 Å². The number of pyridine rings is 1. The van der Waals surface area contributed by atoms with Crippen LogP contribution in [0.5, 0.6) is 0 Å². The molecule has 4 amide bonds. The largest absolute Gasteiger partial charge is 0.367 e. The van der Waals surface area contributed by atoms with E-state index in [9.17, 15) is 14.4 Å². The van der Waals surface area contributed by atoms with Crippen molar-refractivity contribution >= 4 is 23.7 Å². The molecule has 8 nitrogen and oxygen atoms in total. The molecule has 0 aromatic carbocycles. The lowest BCUT2D eigenvalue weighted by molar-refractivity contribution is -0.131. The lowest BCUT2D eigenvalue weighted by atomic mass is 9.98. The van der Waals surface area contributed by atoms with E-state index in [0.29, 0.717) is 24.3 Å². The highest BCUT2D eigenvalue weighted by molar-refractivity contribution is 6.08. The van der Waals surface area contributed by atoms with Crippen LogP contribution in [0.4, 0.5) is 10.6 Å². The van der Waals surface area contributed by atoms with Crippen molar-refractivity contribution in [3.8, 4) is 0 Å². The van der Waals surface area contributed by atoms with Crippen LogP contribution in [0.15, 0.2) is 18.3 Å². The van der Waals surface area contributed by atoms with E-state index in [4.69, 9.17) is 0 Å². The summed E-state index contributed by atoms with van der Waals surface area (Å²) in [5, 5.41) is 5.98. The van der Waals surface area contributed by atoms with Crippen molar-refractivity contribution in [1.82, 2.24) is 20.1 Å². The van der Waals surface area contributed by atoms with E-state index < -0.39 is 5.54 Å². The predicted octanol–water partition coefficient (Wildman–Crippen LogP) is 1.45. The average Bonchev–Trinajstić information content (AvgIpc) is 3.09. The molecule has 2 fully saturated rings. The van der Waals surface area contributed by atoms with Crippen molar-refractivity contribution in [2.75, 3.05) is 18.4 Å². The first kappa shape index (κ1) is 18.2. The van der Waals surface area contributed by atoms with Crippen molar-refractivity contribution in [1.29, 1.82) is 0 Å². The van der Waals surface area contributed by atoms with Crippen LogP contribution in [-0.2, 0) is 4.79 Å². The zero-order chi connectivity index (χ0) is 19.1. The summed E-state index contributed by atoms with van der Waals surface area (Å²) in [4.78, 5) is 45.1. The third-order valence-electron chi connectivity index (χ3n) is 4.73. The molecular formula is C18H25N5O3. The number of nitrogens with zero attached hydrogens (tertiary/aromatic N) is 3. The van der Waals surface area contributed by atoms with Gasteiger partial charge in [0, 0.05) is 24.8 Å². The monoisotopic (exact) mass is 359 g/mol. The minimum Gasteiger partial charge on any atom is -0.367 e. The maximum Gasteiger partial charge on any atom is 0.325 e. The molecule has 2 N–H and O–H groups in total. The second-order valence-electron chi connectivity index (χ2n) is 7.46. The molecule has 0 saturated carbocycles. The number of carbonyl (C=O) groups excluding carboxylic acids is 3. The molecule has 0 aliphatic carbocycles. The number of rotatable bonds is 4. The van der Waals surface area contributed by atoms with Gasteiger partial charge in [-0.1, -0.05) is 0 Å². The fourth-order valence-electron chi connectivity index (χ4n) is 3.51. The lowest BCUT2D eigenvalue weighted by Gasteiger charge is -2.23. The van der Waals surface area contributed by atoms with Crippen LogP contribution in [0.25, 0.3) is 0 Å². The second kappa shape index (κ2) is 6.59. The highest BCUT2D eigenvalue weighted by atomic mass is 16.2. The molecule has 1 atom stereocenters. The Labute approximate surface area is 152 Å². The fourth-order valence-corrected chi connectivity index (χ4v) is 3.51. The molecule has 1 spiro atoms. The Balaban J connectivity index is 1.81. The molecule has 26 heavy (non-hydrogen) atoms. The van der Waals surface area contributed by atoms with Gasteiger partial charge in [-0.3, -0.25) is 14.5 Å². The van der Waals surface area contributed by atoms with Gasteiger partial charge in [-0.15, -0.1) is 0 Å². The van der Waals surface area contributed by atoms with Crippen LogP contribution >= 0.6 is 0 Å². The summed E-state index contributed by atoms with van der Waals surface area (Å²) < 4.78 is 0. The first-order chi connectivity index (χ1) is 12.2. The van der Waals surface area contributed by atoms with Gasteiger partial charge in [-0.2, -0.15) is 0 Å². The maximum atomic E-state index is 13.0. The summed E-state index contributed by atoms with van der Waals surface area (Å²) >= 11 is 0. The summed E-state index contributed by atoms with van der Waals surface area (Å²) in [6.07, 6.45) is 2.05. The van der Waals surface area contributed by atoms with Crippen molar-refractivity contribution in [3.05, 3.63) is 23.9 Å². The van der Waals surface area contributed by atoms with Gasteiger partial charge in [-0.25, -0.2) is 9.78 Å². The number of carbonyl (C=O) groups is 3. The molecule has 0 radical (unpaired) electrons. The minimum absolute atomic E-state index is 0.136. The lowest BCUT2D eigenvalue weighted by Crippen LogP contribution is -2.50. The molecule has 140 valence electrons. The number of likely N-dealkylation sites (tertiary alicyclic amines) is 1. The first-order valence-electron chi connectivity index (χ1n) is 8.92. The summed E-state index contributed by atoms with van der Waals surface area (Å²) in [5.41, 5.74) is -0.541. The SMILES string of the molecule is CC(C)Nc1ncccc1C(=O)N1CCC2(C1)NC(=O)N(C(C)C)C2=O. The number of hydrogen-bond donors (Lipinski definition) is 2. The van der Waals surface area contributed by atoms with E-state index in [1.165, 1.54) is 4.90 Å². The van der Waals surface area contributed by atoms with Crippen LogP contribution < -0.4 is 10.6 Å². The Morgan fingerprint density at radius 1 is 1.31 bits per heavy atom. The number of nitrogens with one attached hydrogen (secondary N) is 2. The molecule has 0 bridgehead atoms. The van der Waals surface area contributed by atoms with Gasteiger partial charge in [0.15, 0.2) is 0 Å². The number of hydrogen-bond acceptors (Lipinski definition) is 5. The number of anilines is 1. The number of imide groups is 1. The van der Waals surface area contributed by atoms with Crippen molar-refractivity contribution in [3.63, 3.8) is 0 Å².